The first-order valence-electron chi connectivity index (χ1n) is 8.19. The normalized spacial score (nSPS) is 10.7. The molecule has 3 nitrogen and oxygen atoms in total. The summed E-state index contributed by atoms with van der Waals surface area (Å²) in [5.41, 5.74) is 3.52. The zero-order valence-electron chi connectivity index (χ0n) is 14.0. The van der Waals surface area contributed by atoms with Crippen LogP contribution in [0.3, 0.4) is 0 Å². The third-order valence-corrected chi connectivity index (χ3v) is 5.16. The first-order chi connectivity index (χ1) is 13.1. The van der Waals surface area contributed by atoms with Crippen LogP contribution in [0.25, 0.3) is 16.6 Å². The van der Waals surface area contributed by atoms with Crippen LogP contribution in [0.4, 0.5) is 0 Å². The highest BCUT2D eigenvalue weighted by Crippen LogP contribution is 2.36. The minimum absolute atomic E-state index is 0.197. The van der Waals surface area contributed by atoms with Gasteiger partial charge in [-0.2, -0.15) is 5.26 Å². The Morgan fingerprint density at radius 2 is 1.81 bits per heavy atom. The first-order valence-corrected chi connectivity index (χ1v) is 9.36. The fourth-order valence-corrected chi connectivity index (χ4v) is 3.68. The quantitative estimate of drug-likeness (QED) is 0.364. The van der Waals surface area contributed by atoms with Gasteiger partial charge in [0.1, 0.15) is 11.8 Å². The maximum absolute atomic E-state index is 13.4. The van der Waals surface area contributed by atoms with E-state index in [9.17, 15) is 10.1 Å². The lowest BCUT2D eigenvalue weighted by molar-refractivity contribution is 0.103. The average molecular weight is 436 g/mol. The van der Waals surface area contributed by atoms with Crippen LogP contribution in [0.2, 0.25) is 5.02 Å². The highest BCUT2D eigenvalue weighted by Gasteiger charge is 2.25. The molecule has 2 aromatic heterocycles. The summed E-state index contributed by atoms with van der Waals surface area (Å²) < 4.78 is 2.64. The Balaban J connectivity index is 2.07. The number of aromatic nitrogens is 1. The van der Waals surface area contributed by atoms with Gasteiger partial charge in [-0.25, -0.2) is 0 Å². The number of rotatable bonds is 3. The van der Waals surface area contributed by atoms with E-state index in [1.807, 2.05) is 48.5 Å². The highest BCUT2D eigenvalue weighted by atomic mass is 79.9. The number of hydrogen-bond donors (Lipinski definition) is 0. The van der Waals surface area contributed by atoms with Gasteiger partial charge in [-0.3, -0.25) is 4.79 Å². The number of halogens is 2. The van der Waals surface area contributed by atoms with Crippen molar-refractivity contribution in [1.29, 1.82) is 5.26 Å². The number of fused-ring (bicyclic) bond motifs is 1. The Kier molecular flexibility index (Phi) is 4.57. The predicted octanol–water partition coefficient (Wildman–Crippen LogP) is 6.12. The number of ketones is 1. The monoisotopic (exact) mass is 434 g/mol. The molecule has 0 bridgehead atoms. The Labute approximate surface area is 169 Å². The van der Waals surface area contributed by atoms with Gasteiger partial charge in [-0.1, -0.05) is 45.7 Å². The van der Waals surface area contributed by atoms with Crippen molar-refractivity contribution in [3.8, 4) is 17.2 Å². The highest BCUT2D eigenvalue weighted by molar-refractivity contribution is 9.10. The summed E-state index contributed by atoms with van der Waals surface area (Å²) in [6, 6.07) is 22.3. The summed E-state index contributed by atoms with van der Waals surface area (Å²) in [6.45, 7) is 0. The molecule has 0 aliphatic carbocycles. The molecule has 0 aliphatic heterocycles. The van der Waals surface area contributed by atoms with Crippen LogP contribution in [0.15, 0.2) is 77.4 Å². The third kappa shape index (κ3) is 3.06. The molecule has 0 aliphatic rings. The van der Waals surface area contributed by atoms with Gasteiger partial charge in [0.25, 0.3) is 0 Å². The van der Waals surface area contributed by atoms with E-state index in [0.29, 0.717) is 27.4 Å². The molecule has 4 rings (SSSR count). The van der Waals surface area contributed by atoms with Crippen LogP contribution in [-0.2, 0) is 0 Å². The largest absolute Gasteiger partial charge is 0.307 e. The molecule has 0 spiro atoms. The molecule has 27 heavy (non-hydrogen) atoms. The van der Waals surface area contributed by atoms with Gasteiger partial charge in [-0.05, 0) is 54.1 Å². The minimum atomic E-state index is -0.197. The Bertz CT molecular complexity index is 1220. The summed E-state index contributed by atoms with van der Waals surface area (Å²) >= 11 is 9.57. The van der Waals surface area contributed by atoms with E-state index in [2.05, 4.69) is 22.0 Å². The van der Waals surface area contributed by atoms with Crippen LogP contribution in [0.5, 0.6) is 0 Å². The molecule has 5 heteroatoms. The lowest BCUT2D eigenvalue weighted by Crippen LogP contribution is -2.04. The number of carbonyl (C=O) groups is 1. The molecule has 4 aromatic rings. The van der Waals surface area contributed by atoms with Gasteiger partial charge in [0, 0.05) is 26.8 Å². The molecular weight excluding hydrogens is 424 g/mol. The van der Waals surface area contributed by atoms with Crippen LogP contribution in [-0.4, -0.2) is 10.2 Å². The summed E-state index contributed by atoms with van der Waals surface area (Å²) in [7, 11) is 0. The lowest BCUT2D eigenvalue weighted by atomic mass is 9.95. The van der Waals surface area contributed by atoms with Gasteiger partial charge in [-0.15, -0.1) is 0 Å². The number of nitriles is 1. The topological polar surface area (TPSA) is 45.3 Å². The summed E-state index contributed by atoms with van der Waals surface area (Å²) in [6.07, 6.45) is 1.79. The number of nitrogens with zero attached hydrogens (tertiary/aromatic N) is 2. The van der Waals surface area contributed by atoms with Gasteiger partial charge in [0.05, 0.1) is 11.1 Å². The van der Waals surface area contributed by atoms with Crippen molar-refractivity contribution in [3.63, 3.8) is 0 Å². The molecule has 0 saturated carbocycles. The Morgan fingerprint density at radius 3 is 2.52 bits per heavy atom. The number of hydrogen-bond acceptors (Lipinski definition) is 2. The van der Waals surface area contributed by atoms with Crippen LogP contribution < -0.4 is 0 Å². The zero-order chi connectivity index (χ0) is 19.0. The smallest absolute Gasteiger partial charge is 0.196 e. The van der Waals surface area contributed by atoms with Crippen LogP contribution in [0, 0.1) is 11.3 Å². The number of pyridine rings is 1. The maximum atomic E-state index is 13.4. The van der Waals surface area contributed by atoms with E-state index >= 15 is 0 Å². The van der Waals surface area contributed by atoms with E-state index in [4.69, 9.17) is 11.6 Å². The predicted molar refractivity (Wildman–Crippen MR) is 110 cm³/mol. The van der Waals surface area contributed by atoms with E-state index in [-0.39, 0.29) is 5.78 Å². The fourth-order valence-electron chi connectivity index (χ4n) is 3.22. The van der Waals surface area contributed by atoms with Crippen molar-refractivity contribution in [2.75, 3.05) is 0 Å². The molecule has 0 atom stereocenters. The van der Waals surface area contributed by atoms with E-state index in [1.165, 1.54) is 0 Å². The van der Waals surface area contributed by atoms with Crippen molar-refractivity contribution in [1.82, 2.24) is 4.40 Å². The molecule has 2 heterocycles. The summed E-state index contributed by atoms with van der Waals surface area (Å²) in [5.74, 6) is -0.197. The van der Waals surface area contributed by atoms with Gasteiger partial charge < -0.3 is 4.40 Å². The zero-order valence-corrected chi connectivity index (χ0v) is 16.3. The van der Waals surface area contributed by atoms with Gasteiger partial charge in [0.2, 0.25) is 0 Å². The van der Waals surface area contributed by atoms with Crippen molar-refractivity contribution < 1.29 is 4.79 Å². The van der Waals surface area contributed by atoms with Crippen molar-refractivity contribution in [2.24, 2.45) is 0 Å². The van der Waals surface area contributed by atoms with E-state index < -0.39 is 0 Å². The first kappa shape index (κ1) is 17.5. The minimum Gasteiger partial charge on any atom is -0.307 e. The Morgan fingerprint density at radius 1 is 1.04 bits per heavy atom. The van der Waals surface area contributed by atoms with Crippen molar-refractivity contribution >= 4 is 38.8 Å². The average Bonchev–Trinajstić information content (AvgIpc) is 3.02. The summed E-state index contributed by atoms with van der Waals surface area (Å²) in [4.78, 5) is 13.4. The second-order valence-corrected chi connectivity index (χ2v) is 7.36. The second-order valence-electron chi connectivity index (χ2n) is 6.01. The molecule has 0 amide bonds. The van der Waals surface area contributed by atoms with Gasteiger partial charge in [0.15, 0.2) is 5.78 Å². The van der Waals surface area contributed by atoms with Crippen molar-refractivity contribution in [3.05, 3.63) is 99.2 Å². The third-order valence-electron chi connectivity index (χ3n) is 4.40. The molecule has 2 aromatic carbocycles. The molecule has 0 unspecified atom stereocenters. The fraction of sp³-hybridized carbons (Fsp3) is 0. The van der Waals surface area contributed by atoms with E-state index in [1.54, 1.807) is 28.8 Å². The molecular formula is C22H12BrClN2O. The van der Waals surface area contributed by atoms with Crippen molar-refractivity contribution in [2.45, 2.75) is 0 Å². The second kappa shape index (κ2) is 7.03. The molecule has 0 N–H and O–H groups in total. The van der Waals surface area contributed by atoms with Crippen LogP contribution >= 0.6 is 27.5 Å². The van der Waals surface area contributed by atoms with E-state index in [0.717, 1.165) is 15.6 Å². The Hall–Kier alpha value is -2.87. The van der Waals surface area contributed by atoms with Crippen LogP contribution in [0.1, 0.15) is 21.6 Å². The maximum Gasteiger partial charge on any atom is 0.196 e. The lowest BCUT2D eigenvalue weighted by Gasteiger charge is -2.06. The number of benzene rings is 2. The molecule has 0 fully saturated rings. The van der Waals surface area contributed by atoms with Gasteiger partial charge >= 0.3 is 0 Å². The standard InChI is InChI=1S/C22H12BrClN2O/c23-16-9-7-14(8-10-16)22(27)21-19(13-25)26-11-2-1-6-18(26)20(21)15-4-3-5-17(24)12-15/h1-12H. The molecule has 0 radical (unpaired) electrons. The number of carbonyl (C=O) groups excluding carboxylic acids is 1. The summed E-state index contributed by atoms with van der Waals surface area (Å²) in [5, 5.41) is 10.4. The molecule has 0 saturated heterocycles. The molecule has 130 valence electrons. The SMILES string of the molecule is N#Cc1c(C(=O)c2ccc(Br)cc2)c(-c2cccc(Cl)c2)c2ccccn12.